The van der Waals surface area contributed by atoms with Gasteiger partial charge >= 0.3 is 0 Å². The molecular weight excluding hydrogens is 320 g/mol. The molecule has 0 saturated carbocycles. The fourth-order valence-electron chi connectivity index (χ4n) is 1.85. The molecule has 0 unspecified atom stereocenters. The summed E-state index contributed by atoms with van der Waals surface area (Å²) in [5, 5.41) is 3.11. The third kappa shape index (κ3) is 4.03. The smallest absolute Gasteiger partial charge is 0.223 e. The number of ether oxygens (including phenoxy) is 2. The Balaban J connectivity index is 2.22. The summed E-state index contributed by atoms with van der Waals surface area (Å²) >= 11 is 3.42. The van der Waals surface area contributed by atoms with Gasteiger partial charge in [0, 0.05) is 29.9 Å². The van der Waals surface area contributed by atoms with Gasteiger partial charge in [-0.2, -0.15) is 0 Å². The van der Waals surface area contributed by atoms with E-state index in [0.717, 1.165) is 21.3 Å². The van der Waals surface area contributed by atoms with Gasteiger partial charge in [0.15, 0.2) is 0 Å². The van der Waals surface area contributed by atoms with Gasteiger partial charge in [-0.15, -0.1) is 0 Å². The van der Waals surface area contributed by atoms with Crippen molar-refractivity contribution in [3.63, 3.8) is 0 Å². The molecule has 1 heterocycles. The van der Waals surface area contributed by atoms with E-state index in [-0.39, 0.29) is 0 Å². The number of nitrogens with one attached hydrogen (secondary N) is 1. The first kappa shape index (κ1) is 15.0. The highest BCUT2D eigenvalue weighted by molar-refractivity contribution is 9.10. The van der Waals surface area contributed by atoms with Gasteiger partial charge in [0.2, 0.25) is 5.88 Å². The molecule has 0 aliphatic heterocycles. The molecule has 1 N–H and O–H groups in total. The molecule has 1 aromatic heterocycles. The zero-order valence-electron chi connectivity index (χ0n) is 11.5. The minimum absolute atomic E-state index is 0.564. The average Bonchev–Trinajstić information content (AvgIpc) is 2.43. The molecule has 0 aliphatic carbocycles. The van der Waals surface area contributed by atoms with Crippen LogP contribution < -0.4 is 10.1 Å². The predicted molar refractivity (Wildman–Crippen MR) is 81.9 cm³/mol. The summed E-state index contributed by atoms with van der Waals surface area (Å²) in [6.07, 6.45) is 1.73. The molecule has 20 heavy (non-hydrogen) atoms. The average molecular weight is 337 g/mol. The highest BCUT2D eigenvalue weighted by atomic mass is 79.9. The minimum Gasteiger partial charge on any atom is -0.439 e. The summed E-state index contributed by atoms with van der Waals surface area (Å²) in [6.45, 7) is 1.26. The van der Waals surface area contributed by atoms with Gasteiger partial charge in [0.1, 0.15) is 5.75 Å². The standard InChI is InChI=1S/C15H17BrN2O2/c1-17-8-12-7-13(16)9-18-15(12)20-14-5-3-4-11(6-14)10-19-2/h3-7,9,17H,8,10H2,1-2H3. The minimum atomic E-state index is 0.564. The number of nitrogens with zero attached hydrogens (tertiary/aromatic N) is 1. The van der Waals surface area contributed by atoms with Crippen LogP contribution in [0.15, 0.2) is 41.0 Å². The summed E-state index contributed by atoms with van der Waals surface area (Å²) in [5.41, 5.74) is 2.07. The first-order chi connectivity index (χ1) is 9.72. The number of aromatic nitrogens is 1. The molecule has 0 radical (unpaired) electrons. The summed E-state index contributed by atoms with van der Waals surface area (Å²) in [7, 11) is 3.57. The molecule has 4 nitrogen and oxygen atoms in total. The first-order valence-electron chi connectivity index (χ1n) is 6.27. The van der Waals surface area contributed by atoms with Crippen molar-refractivity contribution in [2.24, 2.45) is 0 Å². The topological polar surface area (TPSA) is 43.4 Å². The lowest BCUT2D eigenvalue weighted by Crippen LogP contribution is -2.07. The van der Waals surface area contributed by atoms with Gasteiger partial charge < -0.3 is 14.8 Å². The number of halogens is 1. The molecule has 2 rings (SSSR count). The molecule has 0 atom stereocenters. The number of hydrogen-bond donors (Lipinski definition) is 1. The summed E-state index contributed by atoms with van der Waals surface area (Å²) < 4.78 is 11.9. The van der Waals surface area contributed by atoms with E-state index in [1.54, 1.807) is 13.3 Å². The highest BCUT2D eigenvalue weighted by Gasteiger charge is 2.07. The van der Waals surface area contributed by atoms with E-state index in [1.807, 2.05) is 37.4 Å². The van der Waals surface area contributed by atoms with Crippen LogP contribution >= 0.6 is 15.9 Å². The molecule has 0 spiro atoms. The van der Waals surface area contributed by atoms with Crippen molar-refractivity contribution in [3.8, 4) is 11.6 Å². The largest absolute Gasteiger partial charge is 0.439 e. The van der Waals surface area contributed by atoms with Crippen molar-refractivity contribution < 1.29 is 9.47 Å². The van der Waals surface area contributed by atoms with Crippen molar-refractivity contribution in [2.75, 3.05) is 14.2 Å². The normalized spacial score (nSPS) is 10.6. The lowest BCUT2D eigenvalue weighted by Gasteiger charge is -2.11. The Morgan fingerprint density at radius 2 is 2.15 bits per heavy atom. The van der Waals surface area contributed by atoms with Crippen LogP contribution in [-0.4, -0.2) is 19.1 Å². The molecule has 0 amide bonds. The Morgan fingerprint density at radius 3 is 2.90 bits per heavy atom. The second kappa shape index (κ2) is 7.38. The van der Waals surface area contributed by atoms with Crippen LogP contribution in [0.5, 0.6) is 11.6 Å². The van der Waals surface area contributed by atoms with E-state index in [2.05, 4.69) is 26.2 Å². The molecule has 106 valence electrons. The van der Waals surface area contributed by atoms with Gasteiger partial charge in [0.05, 0.1) is 6.61 Å². The van der Waals surface area contributed by atoms with Crippen LogP contribution in [0.4, 0.5) is 0 Å². The monoisotopic (exact) mass is 336 g/mol. The third-order valence-corrected chi connectivity index (χ3v) is 3.12. The van der Waals surface area contributed by atoms with E-state index in [9.17, 15) is 0 Å². The molecule has 5 heteroatoms. The van der Waals surface area contributed by atoms with E-state index < -0.39 is 0 Å². The van der Waals surface area contributed by atoms with Gasteiger partial charge in [0.25, 0.3) is 0 Å². The van der Waals surface area contributed by atoms with Crippen molar-refractivity contribution in [1.29, 1.82) is 0 Å². The Kier molecular flexibility index (Phi) is 5.52. The zero-order chi connectivity index (χ0) is 14.4. The molecule has 1 aromatic carbocycles. The summed E-state index contributed by atoms with van der Waals surface area (Å²) in [5.74, 6) is 1.36. The number of rotatable bonds is 6. The molecule has 0 saturated heterocycles. The maximum Gasteiger partial charge on any atom is 0.223 e. The van der Waals surface area contributed by atoms with Crippen molar-refractivity contribution in [3.05, 3.63) is 52.1 Å². The highest BCUT2D eigenvalue weighted by Crippen LogP contribution is 2.26. The summed E-state index contributed by atoms with van der Waals surface area (Å²) in [6, 6.07) is 9.81. The first-order valence-corrected chi connectivity index (χ1v) is 7.07. The molecule has 0 aliphatic rings. The van der Waals surface area contributed by atoms with Crippen LogP contribution in [0.2, 0.25) is 0 Å². The number of methoxy groups -OCH3 is 1. The third-order valence-electron chi connectivity index (χ3n) is 2.68. The lowest BCUT2D eigenvalue weighted by atomic mass is 10.2. The van der Waals surface area contributed by atoms with E-state index in [1.165, 1.54) is 0 Å². The Hall–Kier alpha value is -1.43. The van der Waals surface area contributed by atoms with Gasteiger partial charge in [-0.25, -0.2) is 4.98 Å². The number of hydrogen-bond acceptors (Lipinski definition) is 4. The Labute approximate surface area is 127 Å². The number of pyridine rings is 1. The SMILES string of the molecule is CNCc1cc(Br)cnc1Oc1cccc(COC)c1. The number of benzene rings is 1. The lowest BCUT2D eigenvalue weighted by molar-refractivity contribution is 0.184. The Bertz CT molecular complexity index is 576. The summed E-state index contributed by atoms with van der Waals surface area (Å²) in [4.78, 5) is 4.33. The predicted octanol–water partition coefficient (Wildman–Crippen LogP) is 3.50. The second-order valence-corrected chi connectivity index (χ2v) is 5.25. The van der Waals surface area contributed by atoms with Crippen LogP contribution in [0.25, 0.3) is 0 Å². The maximum absolute atomic E-state index is 5.88. The van der Waals surface area contributed by atoms with Crippen LogP contribution in [0, 0.1) is 0 Å². The van der Waals surface area contributed by atoms with Gasteiger partial charge in [-0.1, -0.05) is 12.1 Å². The van der Waals surface area contributed by atoms with Crippen LogP contribution in [-0.2, 0) is 17.9 Å². The fourth-order valence-corrected chi connectivity index (χ4v) is 2.23. The zero-order valence-corrected chi connectivity index (χ0v) is 13.1. The van der Waals surface area contributed by atoms with Crippen molar-refractivity contribution >= 4 is 15.9 Å². The van der Waals surface area contributed by atoms with Gasteiger partial charge in [-0.05, 0) is 46.7 Å². The molecule has 0 fully saturated rings. The van der Waals surface area contributed by atoms with Crippen molar-refractivity contribution in [1.82, 2.24) is 10.3 Å². The van der Waals surface area contributed by atoms with Crippen LogP contribution in [0.1, 0.15) is 11.1 Å². The van der Waals surface area contributed by atoms with Crippen molar-refractivity contribution in [2.45, 2.75) is 13.2 Å². The Morgan fingerprint density at radius 1 is 1.30 bits per heavy atom. The molecular formula is C15H17BrN2O2. The van der Waals surface area contributed by atoms with Gasteiger partial charge in [-0.3, -0.25) is 0 Å². The molecule has 2 aromatic rings. The molecule has 0 bridgehead atoms. The van der Waals surface area contributed by atoms with E-state index in [0.29, 0.717) is 19.0 Å². The van der Waals surface area contributed by atoms with E-state index in [4.69, 9.17) is 9.47 Å². The maximum atomic E-state index is 5.88. The fraction of sp³-hybridized carbons (Fsp3) is 0.267. The quantitative estimate of drug-likeness (QED) is 0.876. The second-order valence-electron chi connectivity index (χ2n) is 4.33. The van der Waals surface area contributed by atoms with E-state index >= 15 is 0 Å². The van der Waals surface area contributed by atoms with Crippen LogP contribution in [0.3, 0.4) is 0 Å².